The van der Waals surface area contributed by atoms with Crippen molar-refractivity contribution in [2.75, 3.05) is 5.33 Å². The van der Waals surface area contributed by atoms with Crippen LogP contribution in [-0.2, 0) is 0 Å². The first-order chi connectivity index (χ1) is 17.0. The van der Waals surface area contributed by atoms with Gasteiger partial charge in [0.25, 0.3) is 0 Å². The average molecular weight is 660 g/mol. The van der Waals surface area contributed by atoms with E-state index in [1.54, 1.807) is 0 Å². The SMILES string of the molecule is CCCCCCC12SC3(CCCCCC)SC(CCCCCC)(S1)SC(CCCCCCBr)(S2)S3. The maximum atomic E-state index is 3.64. The number of hydrogen-bond acceptors (Lipinski definition) is 6. The van der Waals surface area contributed by atoms with Gasteiger partial charge in [-0.3, -0.25) is 0 Å². The van der Waals surface area contributed by atoms with Gasteiger partial charge in [-0.2, -0.15) is 0 Å². The fourth-order valence-corrected chi connectivity index (χ4v) is 27.6. The number of alkyl halides is 1. The summed E-state index contributed by atoms with van der Waals surface area (Å²) in [6.07, 6.45) is 28.1. The summed E-state index contributed by atoms with van der Waals surface area (Å²) in [7, 11) is 0. The van der Waals surface area contributed by atoms with Gasteiger partial charge in [-0.1, -0.05) is 133 Å². The van der Waals surface area contributed by atoms with Gasteiger partial charge in [0, 0.05) is 5.33 Å². The molecule has 0 aromatic heterocycles. The summed E-state index contributed by atoms with van der Waals surface area (Å²) < 4.78 is 1.61. The van der Waals surface area contributed by atoms with Gasteiger partial charge in [0.05, 0.1) is 0 Å². The van der Waals surface area contributed by atoms with Crippen LogP contribution < -0.4 is 0 Å². The minimum absolute atomic E-state index is 0.399. The maximum Gasteiger partial charge on any atom is 0.113 e. The molecule has 206 valence electrons. The van der Waals surface area contributed by atoms with Crippen LogP contribution >= 0.6 is 86.5 Å². The van der Waals surface area contributed by atoms with Crippen molar-refractivity contribution in [3.63, 3.8) is 0 Å². The van der Waals surface area contributed by atoms with Gasteiger partial charge >= 0.3 is 0 Å². The number of halogens is 1. The summed E-state index contributed by atoms with van der Waals surface area (Å²) in [5, 5.41) is 1.17. The van der Waals surface area contributed by atoms with Crippen molar-refractivity contribution in [2.45, 2.75) is 163 Å². The number of thioether (sulfide) groups is 6. The third-order valence-electron chi connectivity index (χ3n) is 7.24. The first kappa shape index (κ1) is 32.1. The molecule has 0 saturated carbocycles. The Morgan fingerprint density at radius 1 is 0.371 bits per heavy atom. The average Bonchev–Trinajstić information content (AvgIpc) is 2.81. The molecule has 0 aromatic carbocycles. The second-order valence-corrected chi connectivity index (χ2v) is 24.1. The van der Waals surface area contributed by atoms with E-state index in [1.165, 1.54) is 134 Å². The fourth-order valence-electron chi connectivity index (χ4n) is 5.38. The van der Waals surface area contributed by atoms with Crippen LogP contribution in [0.3, 0.4) is 0 Å². The molecule has 4 saturated heterocycles. The Morgan fingerprint density at radius 2 is 0.629 bits per heavy atom. The molecular weight excluding hydrogens is 609 g/mol. The van der Waals surface area contributed by atoms with Gasteiger partial charge in [-0.05, 0) is 32.1 Å². The number of hydrogen-bond donors (Lipinski definition) is 0. The lowest BCUT2D eigenvalue weighted by Gasteiger charge is -2.67. The van der Waals surface area contributed by atoms with Crippen LogP contribution in [0.25, 0.3) is 0 Å². The summed E-state index contributed by atoms with van der Waals surface area (Å²) in [5.41, 5.74) is 0. The highest BCUT2D eigenvalue weighted by Gasteiger charge is 2.71. The van der Waals surface area contributed by atoms with Gasteiger partial charge in [-0.15, -0.1) is 70.6 Å². The molecule has 0 radical (unpaired) electrons. The van der Waals surface area contributed by atoms with Crippen molar-refractivity contribution in [1.82, 2.24) is 0 Å². The molecule has 4 aliphatic heterocycles. The number of unbranched alkanes of at least 4 members (excludes halogenated alkanes) is 12. The topological polar surface area (TPSA) is 0 Å². The van der Waals surface area contributed by atoms with Crippen molar-refractivity contribution in [2.24, 2.45) is 0 Å². The van der Waals surface area contributed by atoms with E-state index in [9.17, 15) is 0 Å². The van der Waals surface area contributed by atoms with Crippen molar-refractivity contribution in [3.05, 3.63) is 0 Å². The molecule has 4 aliphatic rings. The summed E-state index contributed by atoms with van der Waals surface area (Å²) in [4.78, 5) is 0. The molecule has 0 unspecified atom stereocenters. The standard InChI is InChI=1S/C28H51BrS6/c1-4-7-10-15-20-25-30-26(21-16-11-8-5-2)32-27(31-25,22-17-12-9-6-3)35-28(33-25,34-26)23-18-13-14-19-24-29/h4-24H2,1-3H3. The zero-order valence-electron chi connectivity index (χ0n) is 22.7. The van der Waals surface area contributed by atoms with Crippen LogP contribution in [0.5, 0.6) is 0 Å². The predicted molar refractivity (Wildman–Crippen MR) is 180 cm³/mol. The number of rotatable bonds is 21. The second kappa shape index (κ2) is 16.1. The van der Waals surface area contributed by atoms with Crippen LogP contribution in [-0.4, -0.2) is 19.0 Å². The highest BCUT2D eigenvalue weighted by atomic mass is 79.9. The molecule has 0 spiro atoms. The third-order valence-corrected chi connectivity index (χ3v) is 20.0. The minimum Gasteiger partial charge on any atom is -0.104 e. The Labute approximate surface area is 252 Å². The fraction of sp³-hybridized carbons (Fsp3) is 1.00. The van der Waals surface area contributed by atoms with Gasteiger partial charge in [-0.25, -0.2) is 0 Å². The van der Waals surface area contributed by atoms with Crippen LogP contribution in [0.2, 0.25) is 0 Å². The van der Waals surface area contributed by atoms with Crippen LogP contribution in [0, 0.1) is 0 Å². The first-order valence-electron chi connectivity index (χ1n) is 14.8. The molecule has 7 heteroatoms. The normalized spacial score (nSPS) is 33.6. The Hall–Kier alpha value is 2.58. The molecule has 0 amide bonds. The Bertz CT molecular complexity index is 525. The summed E-state index contributed by atoms with van der Waals surface area (Å²) in [6, 6.07) is 0. The van der Waals surface area contributed by atoms with E-state index in [2.05, 4.69) is 107 Å². The molecule has 0 aliphatic carbocycles. The van der Waals surface area contributed by atoms with E-state index in [-0.39, 0.29) is 0 Å². The zero-order chi connectivity index (χ0) is 25.1. The first-order valence-corrected chi connectivity index (χ1v) is 20.8. The van der Waals surface area contributed by atoms with Crippen molar-refractivity contribution in [3.8, 4) is 0 Å². The van der Waals surface area contributed by atoms with E-state index >= 15 is 0 Å². The Morgan fingerprint density at radius 3 is 0.886 bits per heavy atom. The van der Waals surface area contributed by atoms with Crippen LogP contribution in [0.15, 0.2) is 0 Å². The third kappa shape index (κ3) is 9.58. The molecule has 0 nitrogen and oxygen atoms in total. The van der Waals surface area contributed by atoms with Crippen LogP contribution in [0.1, 0.15) is 149 Å². The minimum atomic E-state index is 0.399. The molecule has 4 fully saturated rings. The Balaban J connectivity index is 1.80. The monoisotopic (exact) mass is 658 g/mol. The van der Waals surface area contributed by atoms with Crippen LogP contribution in [0.4, 0.5) is 0 Å². The predicted octanol–water partition coefficient (Wildman–Crippen LogP) is 13.3. The molecule has 0 atom stereocenters. The maximum absolute atomic E-state index is 3.64. The lowest BCUT2D eigenvalue weighted by atomic mass is 10.2. The molecule has 35 heavy (non-hydrogen) atoms. The summed E-state index contributed by atoms with van der Waals surface area (Å²) in [5.74, 6) is 0. The molecule has 0 aromatic rings. The van der Waals surface area contributed by atoms with Gasteiger partial charge in [0.2, 0.25) is 0 Å². The van der Waals surface area contributed by atoms with E-state index < -0.39 is 0 Å². The molecule has 4 rings (SSSR count). The lowest BCUT2D eigenvalue weighted by molar-refractivity contribution is 0.615. The highest BCUT2D eigenvalue weighted by Crippen LogP contribution is 2.91. The van der Waals surface area contributed by atoms with E-state index in [4.69, 9.17) is 0 Å². The van der Waals surface area contributed by atoms with Gasteiger partial charge in [0.1, 0.15) is 13.6 Å². The summed E-state index contributed by atoms with van der Waals surface area (Å²) >= 11 is 18.3. The van der Waals surface area contributed by atoms with Crippen molar-refractivity contribution in [1.29, 1.82) is 0 Å². The summed E-state index contributed by atoms with van der Waals surface area (Å²) in [6.45, 7) is 7.07. The van der Waals surface area contributed by atoms with Crippen molar-refractivity contribution >= 4 is 86.5 Å². The van der Waals surface area contributed by atoms with Crippen molar-refractivity contribution < 1.29 is 0 Å². The van der Waals surface area contributed by atoms with Gasteiger partial charge < -0.3 is 0 Å². The van der Waals surface area contributed by atoms with E-state index in [0.29, 0.717) is 13.6 Å². The second-order valence-electron chi connectivity index (χ2n) is 10.6. The van der Waals surface area contributed by atoms with Gasteiger partial charge in [0.15, 0.2) is 0 Å². The molecule has 4 heterocycles. The molecule has 0 N–H and O–H groups in total. The Kier molecular flexibility index (Phi) is 14.8. The largest absolute Gasteiger partial charge is 0.113 e. The molecule has 4 bridgehead atoms. The lowest BCUT2D eigenvalue weighted by Crippen LogP contribution is -2.53. The quantitative estimate of drug-likeness (QED) is 0.0882. The van der Waals surface area contributed by atoms with E-state index in [0.717, 1.165) is 0 Å². The zero-order valence-corrected chi connectivity index (χ0v) is 29.2. The smallest absolute Gasteiger partial charge is 0.104 e. The highest BCUT2D eigenvalue weighted by molar-refractivity contribution is 9.09. The van der Waals surface area contributed by atoms with E-state index in [1.807, 2.05) is 0 Å². The molecular formula is C28H51BrS6.